The molecule has 0 aromatic heterocycles. The third-order valence-corrected chi connectivity index (χ3v) is 18.1. The molecule has 0 fully saturated rings. The zero-order valence-electron chi connectivity index (χ0n) is 65.8. The Balaban J connectivity index is 3.31. The molecule has 0 aliphatic carbocycles. The van der Waals surface area contributed by atoms with Crippen molar-refractivity contribution in [3.05, 3.63) is 35.9 Å². The van der Waals surface area contributed by atoms with Crippen molar-refractivity contribution in [1.82, 2.24) is 74.4 Å². The van der Waals surface area contributed by atoms with Gasteiger partial charge in [-0.1, -0.05) is 119 Å². The summed E-state index contributed by atoms with van der Waals surface area (Å²) in [6.07, 6.45) is -1.19. The zero-order chi connectivity index (χ0) is 85.6. The number of carboxylic acids is 2. The highest BCUT2D eigenvalue weighted by molar-refractivity contribution is 6.01. The molecular formula is C71H119N19O22. The summed E-state index contributed by atoms with van der Waals surface area (Å²) in [5.74, 6) is -21.0. The maximum Gasteiger partial charge on any atom is 0.305 e. The molecule has 630 valence electrons. The number of rotatable bonds is 52. The van der Waals surface area contributed by atoms with Crippen LogP contribution in [0.15, 0.2) is 35.3 Å². The summed E-state index contributed by atoms with van der Waals surface area (Å²) in [5.41, 5.74) is 22.6. The van der Waals surface area contributed by atoms with Crippen LogP contribution in [0.2, 0.25) is 0 Å². The first-order valence-electron chi connectivity index (χ1n) is 37.1. The molecule has 41 heteroatoms. The first kappa shape index (κ1) is 99.3. The number of nitrogens with one attached hydrogen (secondary N) is 14. The number of carbonyl (C=O) groups is 17. The predicted molar refractivity (Wildman–Crippen MR) is 404 cm³/mol. The van der Waals surface area contributed by atoms with E-state index in [0.29, 0.717) is 12.0 Å². The Bertz CT molecular complexity index is 3400. The Morgan fingerprint density at radius 3 is 1.03 bits per heavy atom. The van der Waals surface area contributed by atoms with Gasteiger partial charge in [0.25, 0.3) is 0 Å². The molecule has 0 spiro atoms. The van der Waals surface area contributed by atoms with Crippen molar-refractivity contribution in [1.29, 1.82) is 0 Å². The number of nitrogens with zero attached hydrogens (tertiary/aromatic N) is 1. The van der Waals surface area contributed by atoms with E-state index in [0.717, 1.165) is 0 Å². The number of guanidine groups is 1. The molecule has 27 N–H and O–H groups in total. The lowest BCUT2D eigenvalue weighted by atomic mass is 9.96. The van der Waals surface area contributed by atoms with Gasteiger partial charge in [0.1, 0.15) is 84.6 Å². The fraction of sp³-hybridized carbons (Fsp3) is 0.662. The number of hydrogen-bond acceptors (Lipinski definition) is 22. The smallest absolute Gasteiger partial charge is 0.305 e. The number of nitrogens with two attached hydrogens (primary N) is 4. The number of aliphatic imine (C=N–C) groups is 1. The van der Waals surface area contributed by atoms with Crippen molar-refractivity contribution in [2.24, 2.45) is 57.5 Å². The van der Waals surface area contributed by atoms with Gasteiger partial charge in [-0.2, -0.15) is 0 Å². The van der Waals surface area contributed by atoms with E-state index in [2.05, 4.69) is 79.4 Å². The van der Waals surface area contributed by atoms with E-state index >= 15 is 0 Å². The van der Waals surface area contributed by atoms with Crippen molar-refractivity contribution in [2.45, 2.75) is 245 Å². The molecule has 112 heavy (non-hydrogen) atoms. The van der Waals surface area contributed by atoms with Crippen molar-refractivity contribution in [3.63, 3.8) is 0 Å². The second-order valence-electron chi connectivity index (χ2n) is 28.4. The van der Waals surface area contributed by atoms with Crippen LogP contribution in [0.25, 0.3) is 0 Å². The molecule has 15 amide bonds. The van der Waals surface area contributed by atoms with Crippen molar-refractivity contribution in [3.8, 4) is 0 Å². The Hall–Kier alpha value is -10.7. The van der Waals surface area contributed by atoms with E-state index in [9.17, 15) is 107 Å². The summed E-state index contributed by atoms with van der Waals surface area (Å²) in [5, 5.41) is 83.7. The number of carbonyl (C=O) groups excluding carboxylic acids is 15. The van der Waals surface area contributed by atoms with Crippen molar-refractivity contribution >= 4 is 107 Å². The number of aliphatic carboxylic acids is 2. The summed E-state index contributed by atoms with van der Waals surface area (Å²) in [7, 11) is 0. The number of hydrogen-bond donors (Lipinski definition) is 23. The van der Waals surface area contributed by atoms with Gasteiger partial charge in [0.15, 0.2) is 5.96 Å². The minimum absolute atomic E-state index is 0.0313. The lowest BCUT2D eigenvalue weighted by molar-refractivity contribution is -0.142. The number of primary amides is 1. The van der Waals surface area contributed by atoms with Crippen LogP contribution in [0, 0.1) is 29.6 Å². The first-order valence-corrected chi connectivity index (χ1v) is 37.1. The van der Waals surface area contributed by atoms with E-state index in [1.165, 1.54) is 27.7 Å². The molecule has 0 heterocycles. The topological polar surface area (TPSA) is 676 Å². The van der Waals surface area contributed by atoms with Crippen LogP contribution in [0.3, 0.4) is 0 Å². The van der Waals surface area contributed by atoms with Gasteiger partial charge in [-0.15, -0.1) is 0 Å². The molecule has 0 unspecified atom stereocenters. The minimum Gasteiger partial charge on any atom is -0.481 e. The fourth-order valence-electron chi connectivity index (χ4n) is 10.7. The van der Waals surface area contributed by atoms with Gasteiger partial charge in [0.05, 0.1) is 38.7 Å². The third-order valence-electron chi connectivity index (χ3n) is 18.1. The van der Waals surface area contributed by atoms with Gasteiger partial charge in [-0.25, -0.2) is 0 Å². The summed E-state index contributed by atoms with van der Waals surface area (Å²) in [6, 6.07) is -15.0. The Morgan fingerprint density at radius 1 is 0.366 bits per heavy atom. The fourth-order valence-corrected chi connectivity index (χ4v) is 10.7. The largest absolute Gasteiger partial charge is 0.481 e. The second kappa shape index (κ2) is 50.3. The number of aliphatic hydroxyl groups excluding tert-OH is 3. The van der Waals surface area contributed by atoms with Crippen LogP contribution in [0.1, 0.15) is 153 Å². The number of carboxylic acid groups (broad SMARTS) is 2. The molecule has 1 aromatic rings. The Kier molecular flexibility index (Phi) is 44.6. The van der Waals surface area contributed by atoms with Crippen molar-refractivity contribution in [2.75, 3.05) is 26.4 Å². The Morgan fingerprint density at radius 2 is 0.670 bits per heavy atom. The summed E-state index contributed by atoms with van der Waals surface area (Å²) < 4.78 is 0. The van der Waals surface area contributed by atoms with Crippen LogP contribution in [-0.2, 0) is 87.9 Å². The predicted octanol–water partition coefficient (Wildman–Crippen LogP) is -6.90. The van der Waals surface area contributed by atoms with Crippen LogP contribution in [0.5, 0.6) is 0 Å². The molecule has 18 atom stereocenters. The summed E-state index contributed by atoms with van der Waals surface area (Å²) in [4.78, 5) is 232. The van der Waals surface area contributed by atoms with E-state index in [4.69, 9.17) is 22.9 Å². The normalized spacial score (nSPS) is 16.0. The second-order valence-corrected chi connectivity index (χ2v) is 28.4. The highest BCUT2D eigenvalue weighted by atomic mass is 16.4. The summed E-state index contributed by atoms with van der Waals surface area (Å²) >= 11 is 0. The van der Waals surface area contributed by atoms with E-state index < -0.39 is 236 Å². The molecule has 0 bridgehead atoms. The molecule has 0 saturated carbocycles. The number of aliphatic hydroxyl groups is 3. The van der Waals surface area contributed by atoms with Crippen LogP contribution >= 0.6 is 0 Å². The molecule has 1 rings (SSSR count). The molecule has 0 aliphatic heterocycles. The number of benzene rings is 1. The van der Waals surface area contributed by atoms with Gasteiger partial charge in [0, 0.05) is 13.0 Å². The number of amides is 15. The SMILES string of the molecule is CC[C@H](C)[C@H](N)C(=O)N[C@@H](CC(=O)O)C(=O)N[C@H](C(=O)N[C@@H](C)C(=O)N[C@@H](Cc1ccccc1)C(=O)N[C@@H](CO)C(=O)N[C@@H](CO)C(=O)N[C@@H](CC(C)C)C(=O)N[C@@H](C)C(=O)N[C@@H](CC(C)C)C(=O)N[C@@H](C)C(=O)N[C@@H](CC(=O)O)C(=O)N[C@H](C(=O)N[C@@H](CO)C(=O)N[C@@H](CCCN=C(N)N)C(N)=O)[C@@H](C)CC)[C@@H](C)CC. The molecule has 0 radical (unpaired) electrons. The van der Waals surface area contributed by atoms with Gasteiger partial charge in [-0.3, -0.25) is 86.5 Å². The van der Waals surface area contributed by atoms with Gasteiger partial charge < -0.3 is 123 Å². The van der Waals surface area contributed by atoms with E-state index in [1.54, 1.807) is 92.6 Å². The van der Waals surface area contributed by atoms with E-state index in [1.807, 2.05) is 0 Å². The van der Waals surface area contributed by atoms with Crippen LogP contribution in [-0.4, -0.2) is 249 Å². The summed E-state index contributed by atoms with van der Waals surface area (Å²) in [6.45, 7) is 17.2. The van der Waals surface area contributed by atoms with Gasteiger partial charge in [-0.05, 0) is 81.6 Å². The quantitative estimate of drug-likeness (QED) is 0.0164. The highest BCUT2D eigenvalue weighted by Gasteiger charge is 2.39. The average molecular weight is 1590 g/mol. The molecule has 0 saturated heterocycles. The lowest BCUT2D eigenvalue weighted by Gasteiger charge is -2.29. The molecule has 0 aliphatic rings. The highest BCUT2D eigenvalue weighted by Crippen LogP contribution is 2.15. The maximum atomic E-state index is 14.1. The lowest BCUT2D eigenvalue weighted by Crippen LogP contribution is -2.62. The third kappa shape index (κ3) is 35.6. The van der Waals surface area contributed by atoms with Crippen molar-refractivity contribution < 1.29 is 107 Å². The molecular weight excluding hydrogens is 1470 g/mol. The monoisotopic (exact) mass is 1590 g/mol. The Labute approximate surface area is 650 Å². The minimum atomic E-state index is -1.90. The molecule has 1 aromatic carbocycles. The first-order chi connectivity index (χ1) is 52.4. The van der Waals surface area contributed by atoms with E-state index in [-0.39, 0.29) is 75.2 Å². The zero-order valence-corrected chi connectivity index (χ0v) is 65.8. The van der Waals surface area contributed by atoms with Crippen LogP contribution < -0.4 is 97.4 Å². The van der Waals surface area contributed by atoms with Gasteiger partial charge in [0.2, 0.25) is 88.6 Å². The standard InChI is InChI=1S/C71H119N19O22/c1-14-35(8)53(72)68(110)85-47(29-52(96)97)64(106)89-54(36(9)15-2)69(111)79-40(13)59(101)82-45(27-41-21-18-17-19-22-41)62(104)86-49(31-92)67(109)87-48(30-91)66(108)84-44(26-34(6)7)61(103)78-38(11)57(99)81-43(25-33(4)5)60(102)77-39(12)58(100)83-46(28-51(94)95)63(105)90-55(37(10)16-3)70(112)88-50(32-93)65(107)80-42(56(73)98)23-20-24-76-71(74)75/h17-19,21-22,33-40,42-50,53-55,91-93H,14-16,20,23-32,72H2,1-13H3,(H2,73,98)(H,77,102)(H,78,103)(H,79,111)(H,80,107)(H,81,99)(H,82,101)(H,83,100)(H,84,108)(H,85,110)(H,86,104)(H,87,109)(H,88,112)(H,89,106)(H,90,105)(H,94,95)(H,96,97)(H4,74,75,76)/t35-,36-,37-,38-,39-,40-,42-,43-,44-,45-,46-,47-,48-,49-,50-,53-,54-,55-/m0/s1. The molecule has 41 nitrogen and oxygen atoms in total. The maximum absolute atomic E-state index is 14.1. The van der Waals surface area contributed by atoms with Crippen LogP contribution in [0.4, 0.5) is 0 Å². The average Bonchev–Trinajstić information content (AvgIpc) is 0.859. The van der Waals surface area contributed by atoms with Gasteiger partial charge >= 0.3 is 11.9 Å².